The summed E-state index contributed by atoms with van der Waals surface area (Å²) in [7, 11) is 1.62. The first-order valence-corrected chi connectivity index (χ1v) is 8.47. The molecule has 0 atom stereocenters. The predicted molar refractivity (Wildman–Crippen MR) is 94.1 cm³/mol. The minimum Gasteiger partial charge on any atom is -0.496 e. The fourth-order valence-corrected chi connectivity index (χ4v) is 3.26. The lowest BCUT2D eigenvalue weighted by Gasteiger charge is -2.05. The Bertz CT molecular complexity index is 819. The minimum atomic E-state index is 0.631. The van der Waals surface area contributed by atoms with Gasteiger partial charge in [-0.05, 0) is 36.2 Å². The first-order valence-electron chi connectivity index (χ1n) is 7.11. The van der Waals surface area contributed by atoms with Crippen molar-refractivity contribution in [3.8, 4) is 17.1 Å². The Kier molecular flexibility index (Phi) is 4.88. The molecule has 3 rings (SSSR count). The second-order valence-electron chi connectivity index (χ2n) is 5.03. The largest absolute Gasteiger partial charge is 0.496 e. The molecule has 0 bridgehead atoms. The average Bonchev–Trinajstić information content (AvgIpc) is 3.03. The minimum absolute atomic E-state index is 0.631. The van der Waals surface area contributed by atoms with Gasteiger partial charge in [-0.2, -0.15) is 0 Å². The maximum absolute atomic E-state index is 6.07. The van der Waals surface area contributed by atoms with Gasteiger partial charge >= 0.3 is 0 Å². The lowest BCUT2D eigenvalue weighted by molar-refractivity contribution is 0.416. The fourth-order valence-electron chi connectivity index (χ4n) is 2.21. The molecule has 0 amide bonds. The molecule has 2 aromatic carbocycles. The molecule has 0 spiro atoms. The van der Waals surface area contributed by atoms with Crippen molar-refractivity contribution in [2.24, 2.45) is 0 Å². The van der Waals surface area contributed by atoms with Gasteiger partial charge in [0.15, 0.2) is 5.82 Å². The van der Waals surface area contributed by atoms with Gasteiger partial charge in [-0.25, -0.2) is 4.98 Å². The van der Waals surface area contributed by atoms with Gasteiger partial charge in [0, 0.05) is 10.8 Å². The van der Waals surface area contributed by atoms with Crippen LogP contribution in [0.3, 0.4) is 0 Å². The number of benzene rings is 2. The molecule has 0 unspecified atom stereocenters. The van der Waals surface area contributed by atoms with Gasteiger partial charge in [0.2, 0.25) is 5.16 Å². The fraction of sp³-hybridized carbons (Fsp3) is 0.176. The topological polar surface area (TPSA) is 50.8 Å². The van der Waals surface area contributed by atoms with E-state index in [-0.39, 0.29) is 0 Å². The molecule has 1 aromatic heterocycles. The second-order valence-corrected chi connectivity index (χ2v) is 6.41. The molecule has 4 nitrogen and oxygen atoms in total. The highest BCUT2D eigenvalue weighted by Crippen LogP contribution is 2.31. The third kappa shape index (κ3) is 3.68. The molecule has 1 heterocycles. The van der Waals surface area contributed by atoms with Crippen LogP contribution >= 0.6 is 23.4 Å². The number of aromatic amines is 1. The predicted octanol–water partition coefficient (Wildman–Crippen LogP) is 4.73. The molecule has 3 aromatic rings. The molecule has 0 aliphatic rings. The van der Waals surface area contributed by atoms with Crippen LogP contribution in [0, 0.1) is 6.92 Å². The van der Waals surface area contributed by atoms with Gasteiger partial charge in [0.25, 0.3) is 0 Å². The summed E-state index contributed by atoms with van der Waals surface area (Å²) in [6, 6.07) is 13.7. The van der Waals surface area contributed by atoms with E-state index in [1.165, 1.54) is 11.1 Å². The molecule has 118 valence electrons. The molecule has 0 radical (unpaired) electrons. The van der Waals surface area contributed by atoms with Gasteiger partial charge in [-0.15, -0.1) is 5.10 Å². The average molecular weight is 346 g/mol. The van der Waals surface area contributed by atoms with Gasteiger partial charge in [-0.3, -0.25) is 5.10 Å². The van der Waals surface area contributed by atoms with Crippen LogP contribution in [0.25, 0.3) is 11.4 Å². The molecule has 0 saturated carbocycles. The molecule has 0 saturated heterocycles. The van der Waals surface area contributed by atoms with Crippen LogP contribution in [0.4, 0.5) is 0 Å². The number of aryl methyl sites for hydroxylation is 1. The number of halogens is 1. The van der Waals surface area contributed by atoms with Crippen molar-refractivity contribution in [2.75, 3.05) is 7.11 Å². The first kappa shape index (κ1) is 15.9. The van der Waals surface area contributed by atoms with Crippen LogP contribution in [0.2, 0.25) is 5.02 Å². The summed E-state index contributed by atoms with van der Waals surface area (Å²) in [6.07, 6.45) is 0. The molecule has 0 fully saturated rings. The molecule has 1 N–H and O–H groups in total. The molecule has 23 heavy (non-hydrogen) atoms. The summed E-state index contributed by atoms with van der Waals surface area (Å²) in [6.45, 7) is 2.11. The second kappa shape index (κ2) is 7.06. The molecule has 6 heteroatoms. The maximum atomic E-state index is 6.07. The zero-order valence-electron chi connectivity index (χ0n) is 12.8. The van der Waals surface area contributed by atoms with Gasteiger partial charge in [-0.1, -0.05) is 47.6 Å². The van der Waals surface area contributed by atoms with Crippen molar-refractivity contribution >= 4 is 23.4 Å². The van der Waals surface area contributed by atoms with Crippen LogP contribution in [0.1, 0.15) is 11.1 Å². The normalized spacial score (nSPS) is 10.7. The Balaban J connectivity index is 1.79. The summed E-state index contributed by atoms with van der Waals surface area (Å²) in [4.78, 5) is 4.53. The van der Waals surface area contributed by atoms with Gasteiger partial charge < -0.3 is 4.74 Å². The van der Waals surface area contributed by atoms with Crippen molar-refractivity contribution in [3.05, 3.63) is 58.6 Å². The standard InChI is InChI=1S/C17H16ClN3OS/c1-11-5-3-4-6-12(11)10-23-17-19-16(20-21-17)14-9-13(18)7-8-15(14)22-2/h3-9H,10H2,1-2H3,(H,19,20,21). The molecular formula is C17H16ClN3OS. The van der Waals surface area contributed by atoms with Crippen molar-refractivity contribution in [3.63, 3.8) is 0 Å². The Hall–Kier alpha value is -1.98. The maximum Gasteiger partial charge on any atom is 0.209 e. The Morgan fingerprint density at radius 1 is 1.22 bits per heavy atom. The van der Waals surface area contributed by atoms with E-state index >= 15 is 0 Å². The summed E-state index contributed by atoms with van der Waals surface area (Å²) >= 11 is 7.66. The quantitative estimate of drug-likeness (QED) is 0.679. The number of hydrogen-bond donors (Lipinski definition) is 1. The smallest absolute Gasteiger partial charge is 0.209 e. The SMILES string of the molecule is COc1ccc(Cl)cc1-c1nc(SCc2ccccc2C)n[nH]1. The highest BCUT2D eigenvalue weighted by molar-refractivity contribution is 7.98. The summed E-state index contributed by atoms with van der Waals surface area (Å²) < 4.78 is 5.36. The van der Waals surface area contributed by atoms with Crippen LogP contribution < -0.4 is 4.74 Å². The van der Waals surface area contributed by atoms with Crippen molar-refractivity contribution in [1.82, 2.24) is 15.2 Å². The number of ether oxygens (including phenoxy) is 1. The van der Waals surface area contributed by atoms with Gasteiger partial charge in [0.05, 0.1) is 12.7 Å². The van der Waals surface area contributed by atoms with E-state index in [9.17, 15) is 0 Å². The Morgan fingerprint density at radius 3 is 2.83 bits per heavy atom. The van der Waals surface area contributed by atoms with Gasteiger partial charge in [0.1, 0.15) is 5.75 Å². The third-order valence-electron chi connectivity index (χ3n) is 3.50. The first-order chi connectivity index (χ1) is 11.2. The number of hydrogen-bond acceptors (Lipinski definition) is 4. The van der Waals surface area contributed by atoms with Crippen molar-refractivity contribution in [1.29, 1.82) is 0 Å². The number of methoxy groups -OCH3 is 1. The molecule has 0 aliphatic heterocycles. The Labute approximate surface area is 144 Å². The number of H-pyrrole nitrogens is 1. The van der Waals surface area contributed by atoms with E-state index in [0.29, 0.717) is 21.8 Å². The Morgan fingerprint density at radius 2 is 2.04 bits per heavy atom. The zero-order valence-corrected chi connectivity index (χ0v) is 14.4. The lowest BCUT2D eigenvalue weighted by atomic mass is 10.1. The van der Waals surface area contributed by atoms with E-state index in [0.717, 1.165) is 11.3 Å². The highest BCUT2D eigenvalue weighted by Gasteiger charge is 2.12. The zero-order chi connectivity index (χ0) is 16.2. The number of nitrogens with zero attached hydrogens (tertiary/aromatic N) is 2. The van der Waals surface area contributed by atoms with Crippen molar-refractivity contribution in [2.45, 2.75) is 17.8 Å². The van der Waals surface area contributed by atoms with Crippen LogP contribution in [-0.4, -0.2) is 22.3 Å². The number of nitrogens with one attached hydrogen (secondary N) is 1. The van der Waals surface area contributed by atoms with E-state index in [2.05, 4.69) is 34.2 Å². The monoisotopic (exact) mass is 345 g/mol. The molecule has 0 aliphatic carbocycles. The van der Waals surface area contributed by atoms with E-state index in [1.807, 2.05) is 24.3 Å². The lowest BCUT2D eigenvalue weighted by Crippen LogP contribution is -1.89. The number of rotatable bonds is 5. The highest BCUT2D eigenvalue weighted by atomic mass is 35.5. The molecular weight excluding hydrogens is 330 g/mol. The van der Waals surface area contributed by atoms with Crippen LogP contribution in [-0.2, 0) is 5.75 Å². The summed E-state index contributed by atoms with van der Waals surface area (Å²) in [5, 5.41) is 8.56. The van der Waals surface area contributed by atoms with E-state index in [4.69, 9.17) is 16.3 Å². The van der Waals surface area contributed by atoms with E-state index < -0.39 is 0 Å². The third-order valence-corrected chi connectivity index (χ3v) is 4.63. The van der Waals surface area contributed by atoms with Crippen LogP contribution in [0.15, 0.2) is 47.6 Å². The number of aromatic nitrogens is 3. The van der Waals surface area contributed by atoms with E-state index in [1.54, 1.807) is 24.9 Å². The van der Waals surface area contributed by atoms with Crippen LogP contribution in [0.5, 0.6) is 5.75 Å². The number of thioether (sulfide) groups is 1. The van der Waals surface area contributed by atoms with Crippen molar-refractivity contribution < 1.29 is 4.74 Å². The summed E-state index contributed by atoms with van der Waals surface area (Å²) in [5.41, 5.74) is 3.35. The summed E-state index contributed by atoms with van der Waals surface area (Å²) in [5.74, 6) is 2.19.